The number of carbonyl (C=O) groups excluding carboxylic acids is 1. The monoisotopic (exact) mass is 197 g/mol. The van der Waals surface area contributed by atoms with Crippen molar-refractivity contribution >= 4 is 5.91 Å². The van der Waals surface area contributed by atoms with Crippen molar-refractivity contribution in [1.82, 2.24) is 5.32 Å². The van der Waals surface area contributed by atoms with E-state index in [1.54, 1.807) is 0 Å². The van der Waals surface area contributed by atoms with Gasteiger partial charge in [-0.1, -0.05) is 26.8 Å². The zero-order valence-corrected chi connectivity index (χ0v) is 10.5. The van der Waals surface area contributed by atoms with Crippen LogP contribution >= 0.6 is 0 Å². The molecule has 1 amide bonds. The highest BCUT2D eigenvalue weighted by molar-refractivity contribution is 5.94. The maximum Gasteiger partial charge on any atom is 0.247 e. The first-order valence-electron chi connectivity index (χ1n) is 5.07. The van der Waals surface area contributed by atoms with E-state index < -0.39 is 0 Å². The third kappa shape index (κ3) is 4.45. The predicted octanol–water partition coefficient (Wildman–Crippen LogP) is 2.89. The Kier molecular flexibility index (Phi) is 3.92. The summed E-state index contributed by atoms with van der Waals surface area (Å²) in [6.45, 7) is 14.0. The second kappa shape index (κ2) is 4.16. The molecule has 0 rings (SSSR count). The molecule has 0 spiro atoms. The first-order chi connectivity index (χ1) is 6.08. The van der Waals surface area contributed by atoms with Crippen LogP contribution in [0.2, 0.25) is 0 Å². The summed E-state index contributed by atoms with van der Waals surface area (Å²) in [5.41, 5.74) is 0.577. The Labute approximate surface area is 87.8 Å². The van der Waals surface area contributed by atoms with Crippen LogP contribution in [0.1, 0.15) is 48.5 Å². The van der Waals surface area contributed by atoms with E-state index in [1.807, 2.05) is 54.5 Å². The molecular weight excluding hydrogens is 174 g/mol. The molecule has 1 N–H and O–H groups in total. The molecule has 0 fully saturated rings. The van der Waals surface area contributed by atoms with Gasteiger partial charge in [0.05, 0.1) is 0 Å². The molecule has 14 heavy (non-hydrogen) atoms. The minimum Gasteiger partial charge on any atom is -0.348 e. The number of amides is 1. The fourth-order valence-electron chi connectivity index (χ4n) is 1.31. The van der Waals surface area contributed by atoms with Gasteiger partial charge in [-0.3, -0.25) is 4.79 Å². The standard InChI is InChI=1S/C12H23NO/c1-8-9(11(2,3)4)10(14)13-12(5,6)7/h8H,1-7H3,(H,13,14)/b9-8-. The largest absolute Gasteiger partial charge is 0.348 e. The number of allylic oxidation sites excluding steroid dienone is 1. The lowest BCUT2D eigenvalue weighted by atomic mass is 9.85. The van der Waals surface area contributed by atoms with Gasteiger partial charge in [0.15, 0.2) is 0 Å². The molecule has 0 aliphatic heterocycles. The Bertz CT molecular complexity index is 238. The number of carbonyl (C=O) groups is 1. The number of rotatable bonds is 1. The lowest BCUT2D eigenvalue weighted by Crippen LogP contribution is -2.43. The fourth-order valence-corrected chi connectivity index (χ4v) is 1.31. The van der Waals surface area contributed by atoms with Gasteiger partial charge in [0.1, 0.15) is 0 Å². The molecule has 0 aliphatic rings. The maximum absolute atomic E-state index is 11.9. The molecule has 0 saturated heterocycles. The van der Waals surface area contributed by atoms with E-state index in [1.165, 1.54) is 0 Å². The maximum atomic E-state index is 11.9. The zero-order chi connectivity index (χ0) is 11.6. The van der Waals surface area contributed by atoms with Crippen molar-refractivity contribution in [3.63, 3.8) is 0 Å². The topological polar surface area (TPSA) is 29.1 Å². The highest BCUT2D eigenvalue weighted by atomic mass is 16.1. The Morgan fingerprint density at radius 3 is 1.71 bits per heavy atom. The van der Waals surface area contributed by atoms with Crippen LogP contribution in [0.3, 0.4) is 0 Å². The molecule has 2 heteroatoms. The summed E-state index contributed by atoms with van der Waals surface area (Å²) in [6, 6.07) is 0. The highest BCUT2D eigenvalue weighted by Crippen LogP contribution is 2.25. The van der Waals surface area contributed by atoms with Gasteiger partial charge >= 0.3 is 0 Å². The average Bonchev–Trinajstić information content (AvgIpc) is 1.79. The molecule has 2 nitrogen and oxygen atoms in total. The normalized spacial score (nSPS) is 14.1. The molecule has 0 unspecified atom stereocenters. The van der Waals surface area contributed by atoms with Gasteiger partial charge in [-0.05, 0) is 33.1 Å². The van der Waals surface area contributed by atoms with E-state index in [0.717, 1.165) is 5.57 Å². The van der Waals surface area contributed by atoms with Crippen molar-refractivity contribution in [3.8, 4) is 0 Å². The molecule has 0 heterocycles. The Morgan fingerprint density at radius 1 is 1.07 bits per heavy atom. The predicted molar refractivity (Wildman–Crippen MR) is 61.1 cm³/mol. The van der Waals surface area contributed by atoms with Crippen LogP contribution in [0, 0.1) is 5.41 Å². The summed E-state index contributed by atoms with van der Waals surface area (Å²) in [5.74, 6) is 0.0347. The fraction of sp³-hybridized carbons (Fsp3) is 0.750. The van der Waals surface area contributed by atoms with Crippen molar-refractivity contribution in [2.75, 3.05) is 0 Å². The lowest BCUT2D eigenvalue weighted by molar-refractivity contribution is -0.119. The molecule has 0 bridgehead atoms. The van der Waals surface area contributed by atoms with Gasteiger partial charge in [0.25, 0.3) is 0 Å². The summed E-state index contributed by atoms with van der Waals surface area (Å²) in [5, 5.41) is 2.97. The van der Waals surface area contributed by atoms with Gasteiger partial charge in [0.2, 0.25) is 5.91 Å². The van der Waals surface area contributed by atoms with E-state index in [4.69, 9.17) is 0 Å². The third-order valence-corrected chi connectivity index (χ3v) is 1.83. The van der Waals surface area contributed by atoms with Crippen molar-refractivity contribution < 1.29 is 4.79 Å². The Hall–Kier alpha value is -0.790. The third-order valence-electron chi connectivity index (χ3n) is 1.83. The SMILES string of the molecule is C/C=C(/C(=O)NC(C)(C)C)C(C)(C)C. The van der Waals surface area contributed by atoms with E-state index in [0.29, 0.717) is 0 Å². The van der Waals surface area contributed by atoms with E-state index in [2.05, 4.69) is 5.32 Å². The number of hydrogen-bond acceptors (Lipinski definition) is 1. The summed E-state index contributed by atoms with van der Waals surface area (Å²) < 4.78 is 0. The molecule has 0 radical (unpaired) electrons. The Morgan fingerprint density at radius 2 is 1.50 bits per heavy atom. The minimum absolute atomic E-state index is 0.0347. The smallest absolute Gasteiger partial charge is 0.247 e. The van der Waals surface area contributed by atoms with Crippen LogP contribution in [-0.4, -0.2) is 11.4 Å². The van der Waals surface area contributed by atoms with Crippen LogP contribution < -0.4 is 5.32 Å². The van der Waals surface area contributed by atoms with Gasteiger partial charge in [-0.25, -0.2) is 0 Å². The lowest BCUT2D eigenvalue weighted by Gasteiger charge is -2.27. The molecule has 0 atom stereocenters. The zero-order valence-electron chi connectivity index (χ0n) is 10.5. The molecule has 0 aromatic carbocycles. The first-order valence-corrected chi connectivity index (χ1v) is 5.07. The van der Waals surface area contributed by atoms with Crippen molar-refractivity contribution in [1.29, 1.82) is 0 Å². The molecular formula is C12H23NO. The molecule has 0 aromatic heterocycles. The van der Waals surface area contributed by atoms with Crippen molar-refractivity contribution in [2.45, 2.75) is 54.0 Å². The molecule has 0 aliphatic carbocycles. The van der Waals surface area contributed by atoms with Gasteiger partial charge in [-0.2, -0.15) is 0 Å². The summed E-state index contributed by atoms with van der Waals surface area (Å²) in [4.78, 5) is 11.9. The quantitative estimate of drug-likeness (QED) is 0.643. The van der Waals surface area contributed by atoms with Crippen LogP contribution in [0.15, 0.2) is 11.6 Å². The Balaban J connectivity index is 4.69. The van der Waals surface area contributed by atoms with Crippen molar-refractivity contribution in [3.05, 3.63) is 11.6 Å². The second-order valence-electron chi connectivity index (χ2n) is 5.66. The van der Waals surface area contributed by atoms with E-state index in [-0.39, 0.29) is 16.9 Å². The van der Waals surface area contributed by atoms with E-state index >= 15 is 0 Å². The van der Waals surface area contributed by atoms with Gasteiger partial charge < -0.3 is 5.32 Å². The number of nitrogens with one attached hydrogen (secondary N) is 1. The van der Waals surface area contributed by atoms with Crippen LogP contribution in [0.5, 0.6) is 0 Å². The molecule has 0 aromatic rings. The van der Waals surface area contributed by atoms with Gasteiger partial charge in [-0.15, -0.1) is 0 Å². The molecule has 82 valence electrons. The average molecular weight is 197 g/mol. The van der Waals surface area contributed by atoms with E-state index in [9.17, 15) is 4.79 Å². The first kappa shape index (κ1) is 13.2. The number of hydrogen-bond donors (Lipinski definition) is 1. The van der Waals surface area contributed by atoms with Crippen LogP contribution in [-0.2, 0) is 4.79 Å². The summed E-state index contributed by atoms with van der Waals surface area (Å²) in [6.07, 6.45) is 1.89. The summed E-state index contributed by atoms with van der Waals surface area (Å²) in [7, 11) is 0. The van der Waals surface area contributed by atoms with Gasteiger partial charge in [0, 0.05) is 11.1 Å². The highest BCUT2D eigenvalue weighted by Gasteiger charge is 2.25. The minimum atomic E-state index is -0.170. The van der Waals surface area contributed by atoms with Crippen molar-refractivity contribution in [2.24, 2.45) is 5.41 Å². The summed E-state index contributed by atoms with van der Waals surface area (Å²) >= 11 is 0. The second-order valence-corrected chi connectivity index (χ2v) is 5.66. The van der Waals surface area contributed by atoms with Crippen LogP contribution in [0.25, 0.3) is 0 Å². The molecule has 0 saturated carbocycles. The van der Waals surface area contributed by atoms with Crippen LogP contribution in [0.4, 0.5) is 0 Å².